The second kappa shape index (κ2) is 8.05. The number of rotatable bonds is 8. The summed E-state index contributed by atoms with van der Waals surface area (Å²) in [5.41, 5.74) is -0.00565. The molecule has 0 aliphatic carbocycles. The van der Waals surface area contributed by atoms with Gasteiger partial charge in [0.2, 0.25) is 6.29 Å². The van der Waals surface area contributed by atoms with Crippen molar-refractivity contribution in [2.45, 2.75) is 39.1 Å². The topological polar surface area (TPSA) is 82.1 Å². The number of alkyl halides is 2. The maximum atomic E-state index is 13.2. The zero-order valence-electron chi connectivity index (χ0n) is 13.8. The Bertz CT molecular complexity index is 570. The standard InChI is InChI=1S/C16H20F2O6/c1-9(2)14(22-4)24-12-7-5-11(6-8-12)13(19)23-10(3)16(17,18)15(20)21/h5-10,14H,1-4H3,(H,20,21). The molecule has 0 fully saturated rings. The molecule has 2 unspecified atom stereocenters. The summed E-state index contributed by atoms with van der Waals surface area (Å²) in [6.07, 6.45) is -2.57. The average molecular weight is 346 g/mol. The highest BCUT2D eigenvalue weighted by molar-refractivity contribution is 5.90. The Labute approximate surface area is 138 Å². The second-order valence-corrected chi connectivity index (χ2v) is 5.47. The Morgan fingerprint density at radius 1 is 1.12 bits per heavy atom. The number of methoxy groups -OCH3 is 1. The Kier molecular flexibility index (Phi) is 6.65. The van der Waals surface area contributed by atoms with E-state index in [4.69, 9.17) is 14.6 Å². The fourth-order valence-electron chi connectivity index (χ4n) is 1.74. The van der Waals surface area contributed by atoms with Gasteiger partial charge < -0.3 is 19.3 Å². The fourth-order valence-corrected chi connectivity index (χ4v) is 1.74. The first-order valence-electron chi connectivity index (χ1n) is 7.21. The summed E-state index contributed by atoms with van der Waals surface area (Å²) in [7, 11) is 1.50. The summed E-state index contributed by atoms with van der Waals surface area (Å²) in [5.74, 6) is -7.05. The molecule has 2 atom stereocenters. The Morgan fingerprint density at radius 2 is 1.67 bits per heavy atom. The number of carboxylic acid groups (broad SMARTS) is 1. The molecule has 134 valence electrons. The highest BCUT2D eigenvalue weighted by Crippen LogP contribution is 2.23. The van der Waals surface area contributed by atoms with Gasteiger partial charge in [0.05, 0.1) is 5.56 Å². The first-order valence-corrected chi connectivity index (χ1v) is 7.21. The molecule has 6 nitrogen and oxygen atoms in total. The van der Waals surface area contributed by atoms with Gasteiger partial charge >= 0.3 is 17.9 Å². The monoisotopic (exact) mass is 346 g/mol. The number of carboxylic acids is 1. The fraction of sp³-hybridized carbons (Fsp3) is 0.500. The van der Waals surface area contributed by atoms with Crippen molar-refractivity contribution >= 4 is 11.9 Å². The van der Waals surface area contributed by atoms with Crippen LogP contribution in [0.25, 0.3) is 0 Å². The van der Waals surface area contributed by atoms with Crippen molar-refractivity contribution < 1.29 is 37.7 Å². The minimum absolute atomic E-state index is 0.00565. The van der Waals surface area contributed by atoms with Crippen LogP contribution in [-0.2, 0) is 14.3 Å². The third-order valence-electron chi connectivity index (χ3n) is 3.20. The zero-order valence-corrected chi connectivity index (χ0v) is 13.8. The first-order chi connectivity index (χ1) is 11.1. The maximum absolute atomic E-state index is 13.2. The van der Waals surface area contributed by atoms with Gasteiger partial charge in [-0.3, -0.25) is 0 Å². The summed E-state index contributed by atoms with van der Waals surface area (Å²) in [4.78, 5) is 22.2. The minimum atomic E-state index is -4.17. The van der Waals surface area contributed by atoms with E-state index in [-0.39, 0.29) is 11.5 Å². The van der Waals surface area contributed by atoms with E-state index in [1.54, 1.807) is 0 Å². The van der Waals surface area contributed by atoms with E-state index in [1.165, 1.54) is 31.4 Å². The number of esters is 1. The van der Waals surface area contributed by atoms with Gasteiger partial charge in [-0.05, 0) is 31.2 Å². The number of halogens is 2. The van der Waals surface area contributed by atoms with Crippen LogP contribution in [0.3, 0.4) is 0 Å². The molecule has 1 N–H and O–H groups in total. The van der Waals surface area contributed by atoms with Crippen LogP contribution in [0.2, 0.25) is 0 Å². The van der Waals surface area contributed by atoms with Crippen molar-refractivity contribution in [1.29, 1.82) is 0 Å². The maximum Gasteiger partial charge on any atom is 0.378 e. The van der Waals surface area contributed by atoms with Gasteiger partial charge in [-0.1, -0.05) is 13.8 Å². The number of carbonyl (C=O) groups excluding carboxylic acids is 1. The molecule has 0 aliphatic heterocycles. The van der Waals surface area contributed by atoms with Crippen molar-refractivity contribution in [3.8, 4) is 5.75 Å². The first kappa shape index (κ1) is 19.8. The van der Waals surface area contributed by atoms with Gasteiger partial charge in [0.25, 0.3) is 0 Å². The van der Waals surface area contributed by atoms with Crippen LogP contribution in [0, 0.1) is 5.92 Å². The average Bonchev–Trinajstić information content (AvgIpc) is 2.52. The van der Waals surface area contributed by atoms with E-state index < -0.39 is 30.3 Å². The molecule has 0 saturated carbocycles. The summed E-state index contributed by atoms with van der Waals surface area (Å²) >= 11 is 0. The van der Waals surface area contributed by atoms with E-state index in [0.717, 1.165) is 6.92 Å². The smallest absolute Gasteiger partial charge is 0.378 e. The minimum Gasteiger partial charge on any atom is -0.477 e. The summed E-state index contributed by atoms with van der Waals surface area (Å²) in [5, 5.41) is 8.41. The lowest BCUT2D eigenvalue weighted by atomic mass is 10.2. The van der Waals surface area contributed by atoms with Crippen molar-refractivity contribution in [2.24, 2.45) is 5.92 Å². The number of carbonyl (C=O) groups is 2. The van der Waals surface area contributed by atoms with Crippen LogP contribution < -0.4 is 4.74 Å². The predicted octanol–water partition coefficient (Wildman–Crippen LogP) is 2.96. The van der Waals surface area contributed by atoms with Crippen molar-refractivity contribution in [3.63, 3.8) is 0 Å². The largest absolute Gasteiger partial charge is 0.477 e. The van der Waals surface area contributed by atoms with E-state index in [2.05, 4.69) is 4.74 Å². The van der Waals surface area contributed by atoms with E-state index >= 15 is 0 Å². The molecular weight excluding hydrogens is 326 g/mol. The molecule has 1 aromatic rings. The normalized spacial score (nSPS) is 14.1. The molecule has 0 bridgehead atoms. The van der Waals surface area contributed by atoms with Crippen LogP contribution >= 0.6 is 0 Å². The number of hydrogen-bond acceptors (Lipinski definition) is 5. The molecular formula is C16H20F2O6. The van der Waals surface area contributed by atoms with Crippen LogP contribution in [-0.4, -0.2) is 42.5 Å². The third-order valence-corrected chi connectivity index (χ3v) is 3.20. The van der Waals surface area contributed by atoms with Crippen LogP contribution in [0.5, 0.6) is 5.75 Å². The van der Waals surface area contributed by atoms with E-state index in [1.807, 2.05) is 13.8 Å². The Morgan fingerprint density at radius 3 is 2.08 bits per heavy atom. The SMILES string of the molecule is COC(Oc1ccc(C(=O)OC(C)C(F)(F)C(=O)O)cc1)C(C)C. The molecule has 0 spiro atoms. The van der Waals surface area contributed by atoms with Gasteiger partial charge in [0.1, 0.15) is 5.75 Å². The molecule has 1 rings (SSSR count). The van der Waals surface area contributed by atoms with Crippen LogP contribution in [0.4, 0.5) is 8.78 Å². The van der Waals surface area contributed by atoms with Crippen molar-refractivity contribution in [2.75, 3.05) is 7.11 Å². The summed E-state index contributed by atoms with van der Waals surface area (Å²) in [6, 6.07) is 5.59. The van der Waals surface area contributed by atoms with Gasteiger partial charge in [-0.25, -0.2) is 9.59 Å². The van der Waals surface area contributed by atoms with Crippen molar-refractivity contribution in [1.82, 2.24) is 0 Å². The van der Waals surface area contributed by atoms with Crippen LogP contribution in [0.15, 0.2) is 24.3 Å². The lowest BCUT2D eigenvalue weighted by Crippen LogP contribution is -2.42. The number of ether oxygens (including phenoxy) is 3. The Hall–Kier alpha value is -2.22. The van der Waals surface area contributed by atoms with Crippen molar-refractivity contribution in [3.05, 3.63) is 29.8 Å². The number of aliphatic carboxylic acids is 1. The number of benzene rings is 1. The quantitative estimate of drug-likeness (QED) is 0.576. The second-order valence-electron chi connectivity index (χ2n) is 5.47. The molecule has 1 aromatic carbocycles. The number of hydrogen-bond donors (Lipinski definition) is 1. The summed E-state index contributed by atoms with van der Waals surface area (Å²) < 4.78 is 41.7. The van der Waals surface area contributed by atoms with Crippen LogP contribution in [0.1, 0.15) is 31.1 Å². The molecule has 0 radical (unpaired) electrons. The molecule has 24 heavy (non-hydrogen) atoms. The molecule has 0 saturated heterocycles. The molecule has 8 heteroatoms. The Balaban J connectivity index is 2.75. The van der Waals surface area contributed by atoms with Gasteiger partial charge in [0.15, 0.2) is 6.10 Å². The van der Waals surface area contributed by atoms with E-state index in [9.17, 15) is 18.4 Å². The lowest BCUT2D eigenvalue weighted by molar-refractivity contribution is -0.180. The van der Waals surface area contributed by atoms with E-state index in [0.29, 0.717) is 5.75 Å². The summed E-state index contributed by atoms with van der Waals surface area (Å²) in [6.45, 7) is 4.63. The third kappa shape index (κ3) is 4.89. The highest BCUT2D eigenvalue weighted by Gasteiger charge is 2.47. The predicted molar refractivity (Wildman–Crippen MR) is 80.2 cm³/mol. The van der Waals surface area contributed by atoms with Gasteiger partial charge in [-0.2, -0.15) is 8.78 Å². The molecule has 0 aromatic heterocycles. The van der Waals surface area contributed by atoms with Gasteiger partial charge in [0, 0.05) is 13.0 Å². The molecule has 0 amide bonds. The molecule has 0 heterocycles. The van der Waals surface area contributed by atoms with Gasteiger partial charge in [-0.15, -0.1) is 0 Å². The zero-order chi connectivity index (χ0) is 18.5. The highest BCUT2D eigenvalue weighted by atomic mass is 19.3. The molecule has 0 aliphatic rings. The lowest BCUT2D eigenvalue weighted by Gasteiger charge is -2.21.